The molecule has 1 saturated carbocycles. The van der Waals surface area contributed by atoms with Crippen molar-refractivity contribution >= 4 is 16.5 Å². The Kier molecular flexibility index (Phi) is 8.04. The monoisotopic (exact) mass is 452 g/mol. The molecule has 2 aromatic rings. The average Bonchev–Trinajstić information content (AvgIpc) is 2.88. The highest BCUT2D eigenvalue weighted by molar-refractivity contribution is 7.85. The van der Waals surface area contributed by atoms with Crippen molar-refractivity contribution in [1.29, 1.82) is 0 Å². The van der Waals surface area contributed by atoms with Crippen molar-refractivity contribution in [2.75, 3.05) is 31.6 Å². The first-order valence-corrected chi connectivity index (χ1v) is 13.1. The first-order valence-electron chi connectivity index (χ1n) is 12.0. The molecule has 1 unspecified atom stereocenters. The van der Waals surface area contributed by atoms with Gasteiger partial charge in [-0.3, -0.25) is 0 Å². The lowest BCUT2D eigenvalue weighted by atomic mass is 9.91. The third-order valence-corrected chi connectivity index (χ3v) is 8.41. The number of likely N-dealkylation sites (tertiary alicyclic amines) is 1. The molecule has 0 amide bonds. The molecule has 0 aromatic heterocycles. The van der Waals surface area contributed by atoms with Crippen molar-refractivity contribution in [3.8, 4) is 5.75 Å². The number of hydrogen-bond donors (Lipinski definition) is 0. The van der Waals surface area contributed by atoms with Gasteiger partial charge >= 0.3 is 0 Å². The second kappa shape index (κ2) is 11.2. The van der Waals surface area contributed by atoms with Crippen LogP contribution in [0.3, 0.4) is 0 Å². The zero-order valence-corrected chi connectivity index (χ0v) is 20.1. The number of piperidine rings is 1. The van der Waals surface area contributed by atoms with E-state index >= 15 is 0 Å². The molecule has 2 aromatic carbocycles. The van der Waals surface area contributed by atoms with E-state index in [9.17, 15) is 4.21 Å². The molecule has 32 heavy (non-hydrogen) atoms. The van der Waals surface area contributed by atoms with Gasteiger partial charge in [-0.1, -0.05) is 25.3 Å². The molecule has 1 aliphatic carbocycles. The fourth-order valence-electron chi connectivity index (χ4n) is 5.21. The summed E-state index contributed by atoms with van der Waals surface area (Å²) in [5.74, 6) is 0.774. The summed E-state index contributed by atoms with van der Waals surface area (Å²) in [4.78, 5) is 6.83. The second-order valence-electron chi connectivity index (χ2n) is 8.94. The van der Waals surface area contributed by atoms with Gasteiger partial charge in [0, 0.05) is 47.2 Å². The maximum absolute atomic E-state index is 13.0. The second-order valence-corrected chi connectivity index (χ2v) is 10.4. The van der Waals surface area contributed by atoms with Gasteiger partial charge in [-0.05, 0) is 74.2 Å². The SMILES string of the molecule is C=CCN(c1ccc(S(=O)c2ccc(OC)cc2)cc1)C1CCN(C2CCCCC2)CC1. The molecule has 0 N–H and O–H groups in total. The minimum absolute atomic E-state index is 0.533. The molecule has 1 atom stereocenters. The van der Waals surface area contributed by atoms with Crippen molar-refractivity contribution in [2.24, 2.45) is 0 Å². The maximum Gasteiger partial charge on any atom is 0.118 e. The van der Waals surface area contributed by atoms with Crippen LogP contribution in [0.1, 0.15) is 44.9 Å². The Morgan fingerprint density at radius 3 is 2.12 bits per heavy atom. The summed E-state index contributed by atoms with van der Waals surface area (Å²) < 4.78 is 18.2. The van der Waals surface area contributed by atoms with Gasteiger partial charge in [-0.25, -0.2) is 4.21 Å². The Morgan fingerprint density at radius 1 is 0.969 bits per heavy atom. The first-order chi connectivity index (χ1) is 15.7. The highest BCUT2D eigenvalue weighted by atomic mass is 32.2. The molecule has 2 aliphatic rings. The topological polar surface area (TPSA) is 32.8 Å². The summed E-state index contributed by atoms with van der Waals surface area (Å²) in [6.45, 7) is 7.23. The molecule has 172 valence electrons. The fourth-order valence-corrected chi connectivity index (χ4v) is 6.25. The molecule has 0 radical (unpaired) electrons. The van der Waals surface area contributed by atoms with Crippen LogP contribution < -0.4 is 9.64 Å². The largest absolute Gasteiger partial charge is 0.497 e. The van der Waals surface area contributed by atoms with Gasteiger partial charge in [0.15, 0.2) is 0 Å². The van der Waals surface area contributed by atoms with Crippen LogP contribution in [-0.2, 0) is 10.8 Å². The van der Waals surface area contributed by atoms with E-state index in [2.05, 4.69) is 28.5 Å². The Balaban J connectivity index is 1.41. The number of hydrogen-bond acceptors (Lipinski definition) is 4. The van der Waals surface area contributed by atoms with Crippen molar-refractivity contribution in [2.45, 2.75) is 66.8 Å². The Bertz CT molecular complexity index is 883. The minimum atomic E-state index is -1.20. The van der Waals surface area contributed by atoms with Crippen LogP contribution in [0.4, 0.5) is 5.69 Å². The van der Waals surface area contributed by atoms with Crippen molar-refractivity contribution in [1.82, 2.24) is 4.90 Å². The predicted octanol–water partition coefficient (Wildman–Crippen LogP) is 5.65. The molecule has 1 saturated heterocycles. The van der Waals surface area contributed by atoms with Crippen LogP contribution in [-0.4, -0.2) is 47.9 Å². The van der Waals surface area contributed by atoms with Crippen LogP contribution in [0.25, 0.3) is 0 Å². The van der Waals surface area contributed by atoms with E-state index in [0.717, 1.165) is 28.1 Å². The number of ether oxygens (including phenoxy) is 1. The standard InChI is InChI=1S/C27H36N2O2S/c1-3-19-29(24-17-20-28(21-18-24)22-7-5-4-6-8-22)23-9-13-26(14-10-23)32(30)27-15-11-25(31-2)12-16-27/h3,9-16,22,24H,1,4-8,17-21H2,2H3. The number of nitrogens with zero attached hydrogens (tertiary/aromatic N) is 2. The van der Waals surface area contributed by atoms with E-state index in [1.54, 1.807) is 7.11 Å². The molecule has 1 heterocycles. The summed E-state index contributed by atoms with van der Waals surface area (Å²) >= 11 is 0. The fraction of sp³-hybridized carbons (Fsp3) is 0.481. The molecule has 4 rings (SSSR count). The lowest BCUT2D eigenvalue weighted by molar-refractivity contribution is 0.121. The van der Waals surface area contributed by atoms with Crippen molar-refractivity contribution < 1.29 is 8.95 Å². The predicted molar refractivity (Wildman–Crippen MR) is 133 cm³/mol. The third-order valence-electron chi connectivity index (χ3n) is 7.01. The number of anilines is 1. The van der Waals surface area contributed by atoms with Gasteiger partial charge in [-0.2, -0.15) is 0 Å². The molecule has 0 bridgehead atoms. The lowest BCUT2D eigenvalue weighted by Gasteiger charge is -2.43. The van der Waals surface area contributed by atoms with Crippen molar-refractivity contribution in [3.05, 3.63) is 61.2 Å². The van der Waals surface area contributed by atoms with Crippen LogP contribution in [0, 0.1) is 0 Å². The van der Waals surface area contributed by atoms with Crippen LogP contribution in [0.2, 0.25) is 0 Å². The summed E-state index contributed by atoms with van der Waals surface area (Å²) in [5.41, 5.74) is 1.19. The molecule has 5 heteroatoms. The van der Waals surface area contributed by atoms with Gasteiger partial charge in [0.05, 0.1) is 17.9 Å². The van der Waals surface area contributed by atoms with Gasteiger partial charge in [-0.15, -0.1) is 6.58 Å². The van der Waals surface area contributed by atoms with Crippen LogP contribution in [0.15, 0.2) is 71.0 Å². The smallest absolute Gasteiger partial charge is 0.118 e. The summed E-state index contributed by atoms with van der Waals surface area (Å²) in [6, 6.07) is 17.0. The van der Waals surface area contributed by atoms with Gasteiger partial charge < -0.3 is 14.5 Å². The van der Waals surface area contributed by atoms with E-state index in [0.29, 0.717) is 6.04 Å². The molecule has 4 nitrogen and oxygen atoms in total. The van der Waals surface area contributed by atoms with E-state index in [1.165, 1.54) is 63.7 Å². The van der Waals surface area contributed by atoms with Gasteiger partial charge in [0.2, 0.25) is 0 Å². The van der Waals surface area contributed by atoms with Crippen molar-refractivity contribution in [3.63, 3.8) is 0 Å². The summed E-state index contributed by atoms with van der Waals surface area (Å²) in [6.07, 6.45) is 11.4. The van der Waals surface area contributed by atoms with E-state index in [-0.39, 0.29) is 0 Å². The quantitative estimate of drug-likeness (QED) is 0.485. The number of rotatable bonds is 8. The Hall–Kier alpha value is -2.11. The number of benzene rings is 2. The maximum atomic E-state index is 13.0. The van der Waals surface area contributed by atoms with Crippen LogP contribution >= 0.6 is 0 Å². The van der Waals surface area contributed by atoms with E-state index < -0.39 is 10.8 Å². The third kappa shape index (κ3) is 5.44. The highest BCUT2D eigenvalue weighted by Crippen LogP contribution is 2.29. The molecule has 1 aliphatic heterocycles. The zero-order valence-electron chi connectivity index (χ0n) is 19.2. The average molecular weight is 453 g/mol. The molecule has 0 spiro atoms. The normalized spacial score (nSPS) is 19.4. The first kappa shape index (κ1) is 23.1. The number of methoxy groups -OCH3 is 1. The molecular weight excluding hydrogens is 416 g/mol. The zero-order chi connectivity index (χ0) is 22.3. The van der Waals surface area contributed by atoms with E-state index in [4.69, 9.17) is 4.74 Å². The Labute approximate surface area is 195 Å². The van der Waals surface area contributed by atoms with Gasteiger partial charge in [0.25, 0.3) is 0 Å². The van der Waals surface area contributed by atoms with Crippen LogP contribution in [0.5, 0.6) is 5.75 Å². The Morgan fingerprint density at radius 2 is 1.56 bits per heavy atom. The highest BCUT2D eigenvalue weighted by Gasteiger charge is 2.29. The molecule has 2 fully saturated rings. The molecular formula is C27H36N2O2S. The summed E-state index contributed by atoms with van der Waals surface area (Å²) in [7, 11) is 0.443. The van der Waals surface area contributed by atoms with Gasteiger partial charge in [0.1, 0.15) is 5.75 Å². The minimum Gasteiger partial charge on any atom is -0.497 e. The van der Waals surface area contributed by atoms with E-state index in [1.807, 2.05) is 42.5 Å². The lowest BCUT2D eigenvalue weighted by Crippen LogP contribution is -2.48. The summed E-state index contributed by atoms with van der Waals surface area (Å²) in [5, 5.41) is 0.